The number of imidazole rings is 1. The number of aromatic nitrogens is 3. The molecule has 164 valence electrons. The third kappa shape index (κ3) is 7.33. The van der Waals surface area contributed by atoms with Gasteiger partial charge in [-0.05, 0) is 48.0 Å². The van der Waals surface area contributed by atoms with Crippen LogP contribution in [0.3, 0.4) is 0 Å². The van der Waals surface area contributed by atoms with E-state index in [4.69, 9.17) is 4.74 Å². The van der Waals surface area contributed by atoms with E-state index in [-0.39, 0.29) is 12.2 Å². The minimum atomic E-state index is -2.22. The van der Waals surface area contributed by atoms with Gasteiger partial charge in [-0.2, -0.15) is 0 Å². The molecule has 0 bridgehead atoms. The van der Waals surface area contributed by atoms with E-state index in [1.807, 2.05) is 13.8 Å². The summed E-state index contributed by atoms with van der Waals surface area (Å²) in [6.07, 6.45) is 9.65. The Balaban J connectivity index is 0.000000520. The summed E-state index contributed by atoms with van der Waals surface area (Å²) in [7, 11) is 0. The zero-order valence-electron chi connectivity index (χ0n) is 17.2. The summed E-state index contributed by atoms with van der Waals surface area (Å²) in [6, 6.07) is 6.54. The summed E-state index contributed by atoms with van der Waals surface area (Å²) in [5.41, 5.74) is 1.40. The van der Waals surface area contributed by atoms with Crippen LogP contribution >= 0.6 is 0 Å². The molecule has 3 aromatic rings. The third-order valence-electron chi connectivity index (χ3n) is 4.15. The molecule has 8 nitrogen and oxygen atoms in total. The highest BCUT2D eigenvalue weighted by Crippen LogP contribution is 2.08. The Labute approximate surface area is 180 Å². The first-order chi connectivity index (χ1) is 14.6. The lowest BCUT2D eigenvalue weighted by atomic mass is 10.1. The predicted molar refractivity (Wildman–Crippen MR) is 116 cm³/mol. The van der Waals surface area contributed by atoms with Crippen molar-refractivity contribution in [3.8, 4) is 0 Å². The van der Waals surface area contributed by atoms with E-state index in [1.54, 1.807) is 35.1 Å². The SMILES string of the molecule is C1CCOC1.CC.O=C(NCCc1ccc(S(=O)[O-])cc1)c1cnc2nccn2c1.[HH]. The summed E-state index contributed by atoms with van der Waals surface area (Å²) in [5, 5.41) is 2.81. The molecule has 1 aliphatic rings. The number of ether oxygens (including phenoxy) is 1. The Bertz CT molecular complexity index is 938. The number of nitrogens with zero attached hydrogens (tertiary/aromatic N) is 3. The quantitative estimate of drug-likeness (QED) is 0.620. The monoisotopic (exact) mass is 433 g/mol. The number of fused-ring (bicyclic) bond motifs is 1. The van der Waals surface area contributed by atoms with E-state index >= 15 is 0 Å². The van der Waals surface area contributed by atoms with Crippen LogP contribution < -0.4 is 5.32 Å². The Morgan fingerprint density at radius 3 is 2.53 bits per heavy atom. The summed E-state index contributed by atoms with van der Waals surface area (Å²) < 4.78 is 28.2. The van der Waals surface area contributed by atoms with Gasteiger partial charge in [-0.25, -0.2) is 9.97 Å². The molecule has 9 heteroatoms. The van der Waals surface area contributed by atoms with Crippen molar-refractivity contribution in [2.24, 2.45) is 0 Å². The van der Waals surface area contributed by atoms with E-state index in [2.05, 4.69) is 15.3 Å². The van der Waals surface area contributed by atoms with Crippen molar-refractivity contribution < 1.29 is 19.7 Å². The molecule has 4 rings (SSSR count). The third-order valence-corrected chi connectivity index (χ3v) is 4.81. The van der Waals surface area contributed by atoms with Gasteiger partial charge in [0.05, 0.1) is 5.56 Å². The second-order valence-corrected chi connectivity index (χ2v) is 7.12. The van der Waals surface area contributed by atoms with Crippen LogP contribution in [0.15, 0.2) is 53.9 Å². The minimum absolute atomic E-state index is 0. The van der Waals surface area contributed by atoms with Gasteiger partial charge in [0.1, 0.15) is 0 Å². The van der Waals surface area contributed by atoms with Crippen molar-refractivity contribution in [3.05, 3.63) is 60.2 Å². The second-order valence-electron chi connectivity index (χ2n) is 6.18. The van der Waals surface area contributed by atoms with Gasteiger partial charge in [0.25, 0.3) is 5.91 Å². The maximum Gasteiger partial charge on any atom is 0.254 e. The van der Waals surface area contributed by atoms with Crippen LogP contribution in [0.2, 0.25) is 0 Å². The van der Waals surface area contributed by atoms with Gasteiger partial charge in [-0.3, -0.25) is 13.4 Å². The van der Waals surface area contributed by atoms with Crippen LogP contribution in [0.4, 0.5) is 0 Å². The molecule has 0 aliphatic carbocycles. The number of hydrogen-bond acceptors (Lipinski definition) is 6. The lowest BCUT2D eigenvalue weighted by Crippen LogP contribution is -2.26. The first-order valence-electron chi connectivity index (χ1n) is 9.96. The summed E-state index contributed by atoms with van der Waals surface area (Å²) in [4.78, 5) is 20.4. The highest BCUT2D eigenvalue weighted by molar-refractivity contribution is 7.79. The average Bonchev–Trinajstić information content (AvgIpc) is 3.50. The van der Waals surface area contributed by atoms with Crippen molar-refractivity contribution in [3.63, 3.8) is 0 Å². The maximum absolute atomic E-state index is 12.1. The van der Waals surface area contributed by atoms with Crippen LogP contribution in [0.25, 0.3) is 5.78 Å². The number of amides is 1. The summed E-state index contributed by atoms with van der Waals surface area (Å²) in [6.45, 7) is 6.45. The molecule has 1 aromatic carbocycles. The Kier molecular flexibility index (Phi) is 10.1. The van der Waals surface area contributed by atoms with E-state index in [0.717, 1.165) is 18.8 Å². The van der Waals surface area contributed by atoms with E-state index in [1.165, 1.54) is 31.2 Å². The van der Waals surface area contributed by atoms with E-state index in [0.29, 0.717) is 24.3 Å². The first-order valence-corrected chi connectivity index (χ1v) is 11.0. The van der Waals surface area contributed by atoms with Crippen LogP contribution in [-0.2, 0) is 22.2 Å². The van der Waals surface area contributed by atoms with E-state index in [9.17, 15) is 13.6 Å². The van der Waals surface area contributed by atoms with Crippen molar-refractivity contribution in [2.45, 2.75) is 38.0 Å². The molecule has 0 spiro atoms. The van der Waals surface area contributed by atoms with Gasteiger partial charge >= 0.3 is 0 Å². The minimum Gasteiger partial charge on any atom is -0.768 e. The van der Waals surface area contributed by atoms with Gasteiger partial charge in [0.2, 0.25) is 5.78 Å². The lowest BCUT2D eigenvalue weighted by Gasteiger charge is -2.08. The Morgan fingerprint density at radius 1 is 1.23 bits per heavy atom. The molecule has 1 saturated heterocycles. The fraction of sp³-hybridized carbons (Fsp3) is 0.381. The average molecular weight is 434 g/mol. The topological polar surface area (TPSA) is 109 Å². The highest BCUT2D eigenvalue weighted by atomic mass is 32.2. The molecule has 0 saturated carbocycles. The molecule has 3 heterocycles. The van der Waals surface area contributed by atoms with Crippen LogP contribution in [0, 0.1) is 0 Å². The second kappa shape index (κ2) is 12.8. The van der Waals surface area contributed by atoms with E-state index < -0.39 is 11.1 Å². The molecule has 1 N–H and O–H groups in total. The molecule has 30 heavy (non-hydrogen) atoms. The molecular formula is C21H29N4O4S-. The highest BCUT2D eigenvalue weighted by Gasteiger charge is 2.07. The fourth-order valence-electron chi connectivity index (χ4n) is 2.63. The van der Waals surface area contributed by atoms with Crippen molar-refractivity contribution in [1.82, 2.24) is 19.7 Å². The normalized spacial score (nSPS) is 13.6. The van der Waals surface area contributed by atoms with Crippen LogP contribution in [0.5, 0.6) is 0 Å². The van der Waals surface area contributed by atoms with Crippen molar-refractivity contribution in [1.29, 1.82) is 0 Å². The number of benzene rings is 1. The van der Waals surface area contributed by atoms with Crippen LogP contribution in [0.1, 0.15) is 44.0 Å². The number of carbonyl (C=O) groups excluding carboxylic acids is 1. The largest absolute Gasteiger partial charge is 0.768 e. The van der Waals surface area contributed by atoms with Crippen LogP contribution in [-0.4, -0.2) is 48.8 Å². The van der Waals surface area contributed by atoms with Gasteiger partial charge in [-0.15, -0.1) is 0 Å². The van der Waals surface area contributed by atoms with Gasteiger partial charge < -0.3 is 14.6 Å². The molecule has 1 unspecified atom stereocenters. The zero-order valence-corrected chi connectivity index (χ0v) is 18.1. The van der Waals surface area contributed by atoms with Gasteiger partial charge in [0, 0.05) is 50.9 Å². The Hall–Kier alpha value is -2.62. The molecule has 0 radical (unpaired) electrons. The van der Waals surface area contributed by atoms with Crippen molar-refractivity contribution in [2.75, 3.05) is 19.8 Å². The zero-order chi connectivity index (χ0) is 21.8. The number of nitrogens with one attached hydrogen (secondary N) is 1. The molecule has 1 amide bonds. The standard InChI is InChI=1S/C15H14N4O3S.C4H8O.C2H6.H2/c20-14(12-9-18-15-17-7-8-19(15)10-12)16-6-5-11-1-3-13(4-2-11)23(21)22;1-2-4-5-3-1;1-2;/h1-4,7-10H,5-6H2,(H,16,20)(H,21,22);1-4H2;1-2H3;1H/p-1. The molecule has 1 atom stereocenters. The molecule has 1 fully saturated rings. The number of rotatable bonds is 5. The first kappa shape index (κ1) is 23.7. The molecule has 2 aromatic heterocycles. The summed E-state index contributed by atoms with van der Waals surface area (Å²) in [5.74, 6) is 0.322. The maximum atomic E-state index is 12.1. The van der Waals surface area contributed by atoms with Gasteiger partial charge in [-0.1, -0.05) is 26.0 Å². The number of carbonyl (C=O) groups is 1. The molecular weight excluding hydrogens is 404 g/mol. The molecule has 1 aliphatic heterocycles. The lowest BCUT2D eigenvalue weighted by molar-refractivity contribution is 0.0953. The smallest absolute Gasteiger partial charge is 0.254 e. The Morgan fingerprint density at radius 2 is 1.93 bits per heavy atom. The van der Waals surface area contributed by atoms with Gasteiger partial charge in [0.15, 0.2) is 0 Å². The predicted octanol–water partition coefficient (Wildman–Crippen LogP) is 3.01. The summed E-state index contributed by atoms with van der Waals surface area (Å²) >= 11 is -2.22. The van der Waals surface area contributed by atoms with Crippen molar-refractivity contribution >= 4 is 22.8 Å². The fourth-order valence-corrected chi connectivity index (χ4v) is 2.99. The number of hydrogen-bond donors (Lipinski definition) is 1.